The van der Waals surface area contributed by atoms with Gasteiger partial charge in [-0.05, 0) is 84.1 Å². The summed E-state index contributed by atoms with van der Waals surface area (Å²) in [5.41, 5.74) is 0. The molecule has 0 aromatic heterocycles. The Balaban J connectivity index is 3.80. The third kappa shape index (κ3) is 37.6. The van der Waals surface area contributed by atoms with Crippen molar-refractivity contribution in [2.24, 2.45) is 0 Å². The summed E-state index contributed by atoms with van der Waals surface area (Å²) in [6.07, 6.45) is 43.6. The first-order valence-corrected chi connectivity index (χ1v) is 22.1. The van der Waals surface area contributed by atoms with Crippen LogP contribution in [0.25, 0.3) is 0 Å². The average Bonchev–Trinajstić information content (AvgIpc) is 3.14. The SMILES string of the molecule is CCCCCCCC/C=C\CCCCCCCC(=O)OCCCN(CCCOC(=O)CCCCCCC/C=C\CCCCCCCC)C(=O)CNC. The Kier molecular flexibility index (Phi) is 39.9. The first kappa shape index (κ1) is 49.9. The molecule has 0 saturated carbocycles. The van der Waals surface area contributed by atoms with Crippen molar-refractivity contribution in [3.63, 3.8) is 0 Å². The number of ether oxygens (including phenoxy) is 2. The van der Waals surface area contributed by atoms with E-state index in [1.807, 2.05) is 0 Å². The highest BCUT2D eigenvalue weighted by atomic mass is 16.5. The van der Waals surface area contributed by atoms with E-state index in [1.165, 1.54) is 116 Å². The van der Waals surface area contributed by atoms with Crippen molar-refractivity contribution in [3.05, 3.63) is 24.3 Å². The van der Waals surface area contributed by atoms with E-state index >= 15 is 0 Å². The van der Waals surface area contributed by atoms with Crippen molar-refractivity contribution in [3.8, 4) is 0 Å². The molecule has 0 radical (unpaired) electrons. The molecule has 0 heterocycles. The summed E-state index contributed by atoms with van der Waals surface area (Å²) in [5, 5.41) is 2.92. The summed E-state index contributed by atoms with van der Waals surface area (Å²) < 4.78 is 10.9. The molecule has 1 amide bonds. The van der Waals surface area contributed by atoms with Gasteiger partial charge in [0.15, 0.2) is 0 Å². The van der Waals surface area contributed by atoms with Crippen LogP contribution >= 0.6 is 0 Å². The fourth-order valence-electron chi connectivity index (χ4n) is 6.33. The van der Waals surface area contributed by atoms with Crippen LogP contribution in [0.4, 0.5) is 0 Å². The lowest BCUT2D eigenvalue weighted by molar-refractivity contribution is -0.144. The molecule has 0 spiro atoms. The van der Waals surface area contributed by atoms with E-state index in [0.29, 0.717) is 52.0 Å². The van der Waals surface area contributed by atoms with Crippen LogP contribution in [0.2, 0.25) is 0 Å². The quantitative estimate of drug-likeness (QED) is 0.0383. The highest BCUT2D eigenvalue weighted by molar-refractivity contribution is 5.78. The van der Waals surface area contributed by atoms with Gasteiger partial charge in [-0.1, -0.05) is 141 Å². The van der Waals surface area contributed by atoms with Crippen LogP contribution < -0.4 is 5.32 Å². The van der Waals surface area contributed by atoms with Crippen molar-refractivity contribution < 1.29 is 23.9 Å². The summed E-state index contributed by atoms with van der Waals surface area (Å²) in [6, 6.07) is 0. The number of esters is 2. The van der Waals surface area contributed by atoms with Crippen molar-refractivity contribution >= 4 is 17.8 Å². The van der Waals surface area contributed by atoms with Gasteiger partial charge in [0, 0.05) is 25.9 Å². The average molecular weight is 733 g/mol. The molecule has 7 nitrogen and oxygen atoms in total. The number of amides is 1. The molecule has 7 heteroatoms. The lowest BCUT2D eigenvalue weighted by atomic mass is 10.1. The van der Waals surface area contributed by atoms with Gasteiger partial charge in [0.05, 0.1) is 19.8 Å². The van der Waals surface area contributed by atoms with Crippen molar-refractivity contribution in [1.82, 2.24) is 10.2 Å². The Morgan fingerprint density at radius 2 is 0.788 bits per heavy atom. The topological polar surface area (TPSA) is 84.9 Å². The molecule has 0 bridgehead atoms. The predicted molar refractivity (Wildman–Crippen MR) is 221 cm³/mol. The van der Waals surface area contributed by atoms with E-state index in [4.69, 9.17) is 9.47 Å². The monoisotopic (exact) mass is 733 g/mol. The van der Waals surface area contributed by atoms with E-state index in [2.05, 4.69) is 43.5 Å². The first-order chi connectivity index (χ1) is 25.5. The van der Waals surface area contributed by atoms with E-state index in [0.717, 1.165) is 51.4 Å². The normalized spacial score (nSPS) is 11.5. The summed E-state index contributed by atoms with van der Waals surface area (Å²) in [4.78, 5) is 38.7. The molecular weight excluding hydrogens is 649 g/mol. The minimum atomic E-state index is -0.149. The zero-order valence-electron chi connectivity index (χ0n) is 34.5. The third-order valence-electron chi connectivity index (χ3n) is 9.64. The van der Waals surface area contributed by atoms with Gasteiger partial charge in [-0.3, -0.25) is 14.4 Å². The zero-order valence-corrected chi connectivity index (χ0v) is 34.5. The zero-order chi connectivity index (χ0) is 38.0. The molecule has 52 heavy (non-hydrogen) atoms. The molecule has 0 fully saturated rings. The van der Waals surface area contributed by atoms with Crippen LogP contribution in [0.1, 0.15) is 206 Å². The number of hydrogen-bond acceptors (Lipinski definition) is 6. The Hall–Kier alpha value is -2.15. The number of rotatable bonds is 40. The molecular formula is C45H84N2O5. The smallest absolute Gasteiger partial charge is 0.305 e. The van der Waals surface area contributed by atoms with E-state index in [-0.39, 0.29) is 24.4 Å². The lowest BCUT2D eigenvalue weighted by Gasteiger charge is -2.22. The Bertz CT molecular complexity index is 799. The third-order valence-corrected chi connectivity index (χ3v) is 9.64. The molecule has 0 aromatic rings. The van der Waals surface area contributed by atoms with Crippen LogP contribution in [0.5, 0.6) is 0 Å². The summed E-state index contributed by atoms with van der Waals surface area (Å²) in [6.45, 7) is 6.45. The highest BCUT2D eigenvalue weighted by Crippen LogP contribution is 2.12. The first-order valence-electron chi connectivity index (χ1n) is 22.1. The second-order valence-electron chi connectivity index (χ2n) is 14.7. The number of carbonyl (C=O) groups excluding carboxylic acids is 3. The molecule has 0 aromatic carbocycles. The molecule has 0 rings (SSSR count). The molecule has 0 aliphatic heterocycles. The molecule has 0 aliphatic rings. The number of nitrogens with one attached hydrogen (secondary N) is 1. The van der Waals surface area contributed by atoms with E-state index in [1.54, 1.807) is 11.9 Å². The van der Waals surface area contributed by atoms with Gasteiger partial charge < -0.3 is 19.7 Å². The highest BCUT2D eigenvalue weighted by Gasteiger charge is 2.13. The van der Waals surface area contributed by atoms with E-state index in [9.17, 15) is 14.4 Å². The van der Waals surface area contributed by atoms with Crippen LogP contribution in [-0.2, 0) is 23.9 Å². The van der Waals surface area contributed by atoms with Gasteiger partial charge in [0.25, 0.3) is 0 Å². The fourth-order valence-corrected chi connectivity index (χ4v) is 6.33. The van der Waals surface area contributed by atoms with Crippen LogP contribution in [0.15, 0.2) is 24.3 Å². The maximum absolute atomic E-state index is 12.6. The Labute approximate surface area is 321 Å². The molecule has 0 atom stereocenters. The number of hydrogen-bond donors (Lipinski definition) is 1. The summed E-state index contributed by atoms with van der Waals surface area (Å²) in [7, 11) is 1.75. The number of allylic oxidation sites excluding steroid dienone is 4. The van der Waals surface area contributed by atoms with Crippen molar-refractivity contribution in [1.29, 1.82) is 0 Å². The molecule has 0 unspecified atom stereocenters. The molecule has 0 aliphatic carbocycles. The Morgan fingerprint density at radius 3 is 1.13 bits per heavy atom. The number of carbonyl (C=O) groups is 3. The minimum Gasteiger partial charge on any atom is -0.466 e. The number of unbranched alkanes of at least 4 members (excludes halogenated alkanes) is 22. The standard InChI is InChI=1S/C45H84N2O5/c1-4-6-8-10-12-14-16-18-20-22-24-26-28-30-32-36-44(49)51-40-34-38-47(43(48)42-46-3)39-35-41-52-45(50)37-33-31-29-27-25-23-21-19-17-15-13-11-9-7-5-2/h18-21,46H,4-17,22-42H2,1-3H3/b20-18-,21-19-. The summed E-state index contributed by atoms with van der Waals surface area (Å²) >= 11 is 0. The van der Waals surface area contributed by atoms with Gasteiger partial charge in [-0.25, -0.2) is 0 Å². The van der Waals surface area contributed by atoms with Gasteiger partial charge in [-0.15, -0.1) is 0 Å². The summed E-state index contributed by atoms with van der Waals surface area (Å²) in [5.74, 6) is -0.297. The predicted octanol–water partition coefficient (Wildman–Crippen LogP) is 12.0. The maximum Gasteiger partial charge on any atom is 0.305 e. The van der Waals surface area contributed by atoms with Gasteiger partial charge >= 0.3 is 11.9 Å². The Morgan fingerprint density at radius 1 is 0.462 bits per heavy atom. The van der Waals surface area contributed by atoms with E-state index < -0.39 is 0 Å². The van der Waals surface area contributed by atoms with Crippen LogP contribution in [0, 0.1) is 0 Å². The largest absolute Gasteiger partial charge is 0.466 e. The number of likely N-dealkylation sites (N-methyl/N-ethyl adjacent to an activating group) is 1. The molecule has 304 valence electrons. The second-order valence-corrected chi connectivity index (χ2v) is 14.7. The van der Waals surface area contributed by atoms with Crippen molar-refractivity contribution in [2.45, 2.75) is 206 Å². The van der Waals surface area contributed by atoms with Gasteiger partial charge in [0.1, 0.15) is 0 Å². The minimum absolute atomic E-state index is 0.00161. The number of nitrogens with zero attached hydrogens (tertiary/aromatic N) is 1. The van der Waals surface area contributed by atoms with Gasteiger partial charge in [-0.2, -0.15) is 0 Å². The molecule has 0 saturated heterocycles. The lowest BCUT2D eigenvalue weighted by Crippen LogP contribution is -2.39. The van der Waals surface area contributed by atoms with Crippen LogP contribution in [-0.4, -0.2) is 62.6 Å². The fraction of sp³-hybridized carbons (Fsp3) is 0.844. The van der Waals surface area contributed by atoms with Gasteiger partial charge in [0.2, 0.25) is 5.91 Å². The maximum atomic E-state index is 12.6. The van der Waals surface area contributed by atoms with Crippen LogP contribution in [0.3, 0.4) is 0 Å². The van der Waals surface area contributed by atoms with Crippen molar-refractivity contribution in [2.75, 3.05) is 39.9 Å². The molecule has 1 N–H and O–H groups in total. The second kappa shape index (κ2) is 41.6.